The number of rotatable bonds is 6. The predicted molar refractivity (Wildman–Crippen MR) is 168 cm³/mol. The van der Waals surface area contributed by atoms with Crippen LogP contribution in [-0.4, -0.2) is 0 Å². The second kappa shape index (κ2) is 9.80. The minimum atomic E-state index is -0.0356. The minimum absolute atomic E-state index is 0.0135. The SMILES string of the molecule is CCC1(C)c2ccccc2-c2cccc(C)[n+]2C1(CC)CCC1c2ccccc2-c2ccc(-c3ccccc3)c[n+]21. The fourth-order valence-electron chi connectivity index (χ4n) is 8.36. The van der Waals surface area contributed by atoms with Gasteiger partial charge in [-0.2, -0.15) is 9.13 Å². The third kappa shape index (κ3) is 3.69. The Bertz CT molecular complexity index is 1750. The molecule has 2 aliphatic heterocycles. The molecule has 3 unspecified atom stereocenters. The van der Waals surface area contributed by atoms with Gasteiger partial charge in [0.1, 0.15) is 0 Å². The van der Waals surface area contributed by atoms with Crippen LogP contribution in [0.15, 0.2) is 115 Å². The molecule has 0 aliphatic carbocycles. The summed E-state index contributed by atoms with van der Waals surface area (Å²) < 4.78 is 5.30. The van der Waals surface area contributed by atoms with Gasteiger partial charge < -0.3 is 0 Å². The summed E-state index contributed by atoms with van der Waals surface area (Å²) in [5.74, 6) is 0. The first kappa shape index (κ1) is 25.9. The zero-order chi connectivity index (χ0) is 28.2. The van der Waals surface area contributed by atoms with Crippen molar-refractivity contribution in [3.63, 3.8) is 0 Å². The third-order valence-corrected chi connectivity index (χ3v) is 10.6. The molecule has 3 aromatic carbocycles. The van der Waals surface area contributed by atoms with E-state index in [1.165, 1.54) is 50.5 Å². The fourth-order valence-corrected chi connectivity index (χ4v) is 8.36. The van der Waals surface area contributed by atoms with E-state index in [-0.39, 0.29) is 11.0 Å². The highest BCUT2D eigenvalue weighted by molar-refractivity contribution is 5.69. The maximum absolute atomic E-state index is 2.73. The smallest absolute Gasteiger partial charge is 0.191 e. The van der Waals surface area contributed by atoms with Gasteiger partial charge in [-0.1, -0.05) is 80.6 Å². The van der Waals surface area contributed by atoms with E-state index in [9.17, 15) is 0 Å². The van der Waals surface area contributed by atoms with E-state index in [4.69, 9.17) is 0 Å². The van der Waals surface area contributed by atoms with Crippen molar-refractivity contribution in [2.24, 2.45) is 0 Å². The van der Waals surface area contributed by atoms with E-state index in [1.807, 2.05) is 0 Å². The summed E-state index contributed by atoms with van der Waals surface area (Å²) in [5.41, 5.74) is 12.3. The Balaban J connectivity index is 1.37. The highest BCUT2D eigenvalue weighted by Gasteiger charge is 2.60. The summed E-state index contributed by atoms with van der Waals surface area (Å²) in [7, 11) is 0. The standard InChI is InChI=1S/C39H40N2/c1-5-38(4)34-21-13-12-20-33(34)37-22-14-15-28(3)41(37)39(38,6-2)26-25-36-32-19-11-10-18-31(32)35-24-23-30(27-40(35)36)29-16-8-7-9-17-29/h7-24,27,36H,5-6,25-26H2,1-4H3/q+2. The lowest BCUT2D eigenvalue weighted by molar-refractivity contribution is -0.777. The molecule has 0 spiro atoms. The van der Waals surface area contributed by atoms with Crippen LogP contribution in [0.5, 0.6) is 0 Å². The van der Waals surface area contributed by atoms with Crippen LogP contribution < -0.4 is 9.13 Å². The average molecular weight is 537 g/mol. The average Bonchev–Trinajstić information content (AvgIpc) is 3.34. The Kier molecular flexibility index (Phi) is 6.19. The molecule has 0 amide bonds. The quantitative estimate of drug-likeness (QED) is 0.192. The van der Waals surface area contributed by atoms with Gasteiger partial charge in [0.2, 0.25) is 11.4 Å². The topological polar surface area (TPSA) is 7.76 Å². The van der Waals surface area contributed by atoms with Crippen LogP contribution in [0, 0.1) is 6.92 Å². The number of nitrogens with zero attached hydrogens (tertiary/aromatic N) is 2. The molecule has 41 heavy (non-hydrogen) atoms. The molecule has 0 saturated carbocycles. The van der Waals surface area contributed by atoms with Crippen molar-refractivity contribution < 1.29 is 9.13 Å². The van der Waals surface area contributed by atoms with Crippen molar-refractivity contribution in [1.82, 2.24) is 0 Å². The molecule has 0 N–H and O–H groups in total. The molecule has 0 saturated heterocycles. The molecule has 2 heteroatoms. The van der Waals surface area contributed by atoms with Gasteiger partial charge in [0.25, 0.3) is 0 Å². The Morgan fingerprint density at radius 1 is 0.659 bits per heavy atom. The Hall–Kier alpha value is -4.04. The number of benzene rings is 3. The normalized spacial score (nSPS) is 22.0. The summed E-state index contributed by atoms with van der Waals surface area (Å²) in [5, 5.41) is 0. The first-order valence-corrected chi connectivity index (χ1v) is 15.3. The summed E-state index contributed by atoms with van der Waals surface area (Å²) in [4.78, 5) is 0. The fraction of sp³-hybridized carbons (Fsp3) is 0.282. The van der Waals surface area contributed by atoms with Crippen LogP contribution in [0.2, 0.25) is 0 Å². The molecule has 4 heterocycles. The maximum Gasteiger partial charge on any atom is 0.213 e. The van der Waals surface area contributed by atoms with Gasteiger partial charge in [-0.15, -0.1) is 0 Å². The third-order valence-electron chi connectivity index (χ3n) is 10.6. The molecule has 204 valence electrons. The summed E-state index contributed by atoms with van der Waals surface area (Å²) in [6.07, 6.45) is 6.77. The van der Waals surface area contributed by atoms with E-state index in [0.717, 1.165) is 25.7 Å². The van der Waals surface area contributed by atoms with Crippen molar-refractivity contribution in [2.75, 3.05) is 0 Å². The molecule has 0 radical (unpaired) electrons. The molecule has 3 atom stereocenters. The van der Waals surface area contributed by atoms with Gasteiger partial charge in [-0.3, -0.25) is 0 Å². The molecule has 5 aromatic rings. The number of aromatic nitrogens is 2. The van der Waals surface area contributed by atoms with Gasteiger partial charge in [0, 0.05) is 55.5 Å². The van der Waals surface area contributed by atoms with Crippen LogP contribution in [-0.2, 0) is 11.0 Å². The van der Waals surface area contributed by atoms with Crippen LogP contribution in [0.4, 0.5) is 0 Å². The lowest BCUT2D eigenvalue weighted by Gasteiger charge is -2.48. The van der Waals surface area contributed by atoms with Crippen LogP contribution in [0.3, 0.4) is 0 Å². The van der Waals surface area contributed by atoms with Crippen molar-refractivity contribution in [2.45, 2.75) is 70.4 Å². The van der Waals surface area contributed by atoms with Crippen molar-refractivity contribution in [1.29, 1.82) is 0 Å². The van der Waals surface area contributed by atoms with Gasteiger partial charge >= 0.3 is 0 Å². The van der Waals surface area contributed by atoms with E-state index in [2.05, 4.69) is 152 Å². The number of hydrogen-bond acceptors (Lipinski definition) is 0. The lowest BCUT2D eigenvalue weighted by Crippen LogP contribution is -2.70. The van der Waals surface area contributed by atoms with Crippen LogP contribution >= 0.6 is 0 Å². The maximum atomic E-state index is 2.73. The zero-order valence-electron chi connectivity index (χ0n) is 24.8. The van der Waals surface area contributed by atoms with E-state index in [0.29, 0.717) is 6.04 Å². The molecular formula is C39H40N2+2. The van der Waals surface area contributed by atoms with Gasteiger partial charge in [-0.25, -0.2) is 0 Å². The summed E-state index contributed by atoms with van der Waals surface area (Å²) in [6, 6.07) is 40.8. The summed E-state index contributed by atoms with van der Waals surface area (Å²) >= 11 is 0. The van der Waals surface area contributed by atoms with Crippen molar-refractivity contribution >= 4 is 0 Å². The first-order chi connectivity index (χ1) is 20.0. The van der Waals surface area contributed by atoms with Gasteiger partial charge in [-0.05, 0) is 48.7 Å². The molecule has 7 rings (SSSR count). The highest BCUT2D eigenvalue weighted by atomic mass is 15.1. The largest absolute Gasteiger partial charge is 0.213 e. The van der Waals surface area contributed by atoms with E-state index < -0.39 is 0 Å². The van der Waals surface area contributed by atoms with Gasteiger partial charge in [0.05, 0.1) is 16.5 Å². The minimum Gasteiger partial charge on any atom is -0.191 e. The van der Waals surface area contributed by atoms with Crippen LogP contribution in [0.25, 0.3) is 33.6 Å². The Morgan fingerprint density at radius 2 is 1.39 bits per heavy atom. The van der Waals surface area contributed by atoms with Crippen molar-refractivity contribution in [3.8, 4) is 33.6 Å². The highest BCUT2D eigenvalue weighted by Crippen LogP contribution is 2.53. The molecule has 0 fully saturated rings. The lowest BCUT2D eigenvalue weighted by atomic mass is 9.58. The Morgan fingerprint density at radius 3 is 2.17 bits per heavy atom. The van der Waals surface area contributed by atoms with Gasteiger partial charge in [0.15, 0.2) is 23.5 Å². The predicted octanol–water partition coefficient (Wildman–Crippen LogP) is 8.74. The molecule has 2 aromatic heterocycles. The number of aryl methyl sites for hydroxylation is 1. The second-order valence-electron chi connectivity index (χ2n) is 12.2. The summed E-state index contributed by atoms with van der Waals surface area (Å²) in [6.45, 7) is 9.65. The first-order valence-electron chi connectivity index (χ1n) is 15.3. The number of pyridine rings is 2. The molecule has 2 aliphatic rings. The Labute approximate surface area is 245 Å². The molecule has 0 bridgehead atoms. The van der Waals surface area contributed by atoms with Crippen molar-refractivity contribution in [3.05, 3.63) is 132 Å². The number of hydrogen-bond donors (Lipinski definition) is 0. The monoisotopic (exact) mass is 536 g/mol. The van der Waals surface area contributed by atoms with E-state index >= 15 is 0 Å². The number of fused-ring (bicyclic) bond motifs is 6. The zero-order valence-corrected chi connectivity index (χ0v) is 24.8. The van der Waals surface area contributed by atoms with E-state index in [1.54, 1.807) is 0 Å². The molecule has 2 nitrogen and oxygen atoms in total. The molecular weight excluding hydrogens is 496 g/mol. The second-order valence-corrected chi connectivity index (χ2v) is 12.2. The van der Waals surface area contributed by atoms with Crippen LogP contribution in [0.1, 0.15) is 69.3 Å².